The average Bonchev–Trinajstić information content (AvgIpc) is 3.01. The van der Waals surface area contributed by atoms with Crippen molar-refractivity contribution in [1.29, 1.82) is 0 Å². The first-order valence-electron chi connectivity index (χ1n) is 16.4. The summed E-state index contributed by atoms with van der Waals surface area (Å²) in [6, 6.07) is 12.7. The Morgan fingerprint density at radius 1 is 0.643 bits per heavy atom. The Balaban J connectivity index is 1.50. The maximum absolute atomic E-state index is 13.0. The highest BCUT2D eigenvalue weighted by atomic mass is 16.2. The van der Waals surface area contributed by atoms with E-state index in [0.717, 1.165) is 56.1 Å². The van der Waals surface area contributed by atoms with Gasteiger partial charge in [0.25, 0.3) is 0 Å². The van der Waals surface area contributed by atoms with Crippen molar-refractivity contribution < 1.29 is 14.4 Å². The molecule has 1 aromatic carbocycles. The lowest BCUT2D eigenvalue weighted by Gasteiger charge is -2.19. The predicted molar refractivity (Wildman–Crippen MR) is 171 cm³/mol. The molecule has 0 unspecified atom stereocenters. The van der Waals surface area contributed by atoms with Crippen molar-refractivity contribution in [2.75, 3.05) is 6.54 Å². The maximum Gasteiger partial charge on any atom is 0.247 e. The van der Waals surface area contributed by atoms with E-state index in [9.17, 15) is 14.4 Å². The van der Waals surface area contributed by atoms with Crippen LogP contribution in [0.5, 0.6) is 0 Å². The number of nitrogens with one attached hydrogen (secondary N) is 3. The SMILES string of the molecule is CCCCCCCCC(=O)N[C@@H](C(=O)NCCCCCCCCCCCC(=O)NCc1ccncc1)c1ccccc1. The molecular weight excluding hydrogens is 524 g/mol. The van der Waals surface area contributed by atoms with Crippen LogP contribution in [0.25, 0.3) is 0 Å². The standard InChI is InChI=1S/C35H54N4O3/c1-2-3-4-5-11-18-23-33(41)39-34(31-20-15-14-16-21-31)35(42)37-26-19-13-10-8-6-7-9-12-17-22-32(40)38-29-30-24-27-36-28-25-30/h14-16,20-21,24-25,27-28,34H,2-13,17-19,22-23,26,29H2,1H3,(H,37,42)(H,38,40)(H,39,41)/t34-/m1/s1. The first-order valence-corrected chi connectivity index (χ1v) is 16.4. The summed E-state index contributed by atoms with van der Waals surface area (Å²) >= 11 is 0. The number of nitrogens with zero attached hydrogens (tertiary/aromatic N) is 1. The second-order valence-corrected chi connectivity index (χ2v) is 11.3. The third kappa shape index (κ3) is 16.9. The molecule has 3 amide bonds. The van der Waals surface area contributed by atoms with Crippen LogP contribution in [0.2, 0.25) is 0 Å². The van der Waals surface area contributed by atoms with E-state index in [1.165, 1.54) is 51.4 Å². The third-order valence-electron chi connectivity index (χ3n) is 7.58. The zero-order valence-electron chi connectivity index (χ0n) is 25.9. The highest BCUT2D eigenvalue weighted by Gasteiger charge is 2.22. The number of hydrogen-bond acceptors (Lipinski definition) is 4. The van der Waals surface area contributed by atoms with Gasteiger partial charge in [0.1, 0.15) is 6.04 Å². The second kappa shape index (κ2) is 23.4. The molecule has 3 N–H and O–H groups in total. The van der Waals surface area contributed by atoms with Crippen molar-refractivity contribution in [2.45, 2.75) is 129 Å². The molecule has 7 nitrogen and oxygen atoms in total. The van der Waals surface area contributed by atoms with Gasteiger partial charge in [0, 0.05) is 38.3 Å². The zero-order chi connectivity index (χ0) is 30.1. The van der Waals surface area contributed by atoms with Crippen molar-refractivity contribution in [3.05, 3.63) is 66.0 Å². The van der Waals surface area contributed by atoms with Crippen LogP contribution in [0, 0.1) is 0 Å². The van der Waals surface area contributed by atoms with Crippen molar-refractivity contribution >= 4 is 17.7 Å². The lowest BCUT2D eigenvalue weighted by molar-refractivity contribution is -0.129. The fourth-order valence-electron chi connectivity index (χ4n) is 5.00. The fraction of sp³-hybridized carbons (Fsp3) is 0.600. The molecule has 1 aromatic heterocycles. The molecule has 0 aliphatic rings. The summed E-state index contributed by atoms with van der Waals surface area (Å²) in [6.07, 6.45) is 21.3. The molecule has 0 aliphatic heterocycles. The molecule has 0 aliphatic carbocycles. The topological polar surface area (TPSA) is 100 Å². The Labute approximate surface area is 254 Å². The van der Waals surface area contributed by atoms with E-state index in [1.807, 2.05) is 42.5 Å². The zero-order valence-corrected chi connectivity index (χ0v) is 25.9. The summed E-state index contributed by atoms with van der Waals surface area (Å²) in [6.45, 7) is 3.39. The van der Waals surface area contributed by atoms with Crippen LogP contribution in [0.15, 0.2) is 54.9 Å². The number of aromatic nitrogens is 1. The number of unbranched alkanes of at least 4 members (excludes halogenated alkanes) is 13. The number of carbonyl (C=O) groups is 3. The van der Waals surface area contributed by atoms with Crippen LogP contribution in [0.4, 0.5) is 0 Å². The van der Waals surface area contributed by atoms with E-state index in [4.69, 9.17) is 0 Å². The van der Waals surface area contributed by atoms with E-state index in [-0.39, 0.29) is 17.7 Å². The lowest BCUT2D eigenvalue weighted by atomic mass is 10.0. The van der Waals surface area contributed by atoms with Gasteiger partial charge in [-0.25, -0.2) is 0 Å². The minimum Gasteiger partial charge on any atom is -0.354 e. The summed E-state index contributed by atoms with van der Waals surface area (Å²) in [5, 5.41) is 8.98. The second-order valence-electron chi connectivity index (χ2n) is 11.3. The third-order valence-corrected chi connectivity index (χ3v) is 7.58. The van der Waals surface area contributed by atoms with Gasteiger partial charge in [-0.05, 0) is 42.5 Å². The number of pyridine rings is 1. The van der Waals surface area contributed by atoms with Gasteiger partial charge in [0.05, 0.1) is 0 Å². The number of benzene rings is 1. The molecule has 232 valence electrons. The summed E-state index contributed by atoms with van der Waals surface area (Å²) in [5.41, 5.74) is 1.89. The van der Waals surface area contributed by atoms with Crippen LogP contribution in [-0.2, 0) is 20.9 Å². The Morgan fingerprint density at radius 3 is 1.81 bits per heavy atom. The molecule has 2 aromatic rings. The van der Waals surface area contributed by atoms with Gasteiger partial charge in [-0.3, -0.25) is 19.4 Å². The number of rotatable bonds is 24. The Bertz CT molecular complexity index is 984. The summed E-state index contributed by atoms with van der Waals surface area (Å²) in [4.78, 5) is 41.5. The molecule has 1 heterocycles. The van der Waals surface area contributed by atoms with E-state index in [2.05, 4.69) is 27.9 Å². The molecule has 0 bridgehead atoms. The van der Waals surface area contributed by atoms with E-state index < -0.39 is 6.04 Å². The van der Waals surface area contributed by atoms with Crippen LogP contribution >= 0.6 is 0 Å². The van der Waals surface area contributed by atoms with Crippen LogP contribution < -0.4 is 16.0 Å². The van der Waals surface area contributed by atoms with Crippen molar-refractivity contribution in [3.8, 4) is 0 Å². The molecular formula is C35H54N4O3. The number of amides is 3. The van der Waals surface area contributed by atoms with Gasteiger partial charge >= 0.3 is 0 Å². The van der Waals surface area contributed by atoms with Crippen LogP contribution in [-0.4, -0.2) is 29.3 Å². The molecule has 0 saturated carbocycles. The monoisotopic (exact) mass is 578 g/mol. The van der Waals surface area contributed by atoms with Gasteiger partial charge in [0.2, 0.25) is 17.7 Å². The predicted octanol–water partition coefficient (Wildman–Crippen LogP) is 7.32. The first-order chi connectivity index (χ1) is 20.6. The molecule has 42 heavy (non-hydrogen) atoms. The quantitative estimate of drug-likeness (QED) is 0.114. The molecule has 0 spiro atoms. The minimum atomic E-state index is -0.647. The summed E-state index contributed by atoms with van der Waals surface area (Å²) < 4.78 is 0. The van der Waals surface area contributed by atoms with Crippen molar-refractivity contribution in [1.82, 2.24) is 20.9 Å². The normalized spacial score (nSPS) is 11.5. The Kier molecular flexibility index (Phi) is 19.4. The highest BCUT2D eigenvalue weighted by molar-refractivity contribution is 5.88. The lowest BCUT2D eigenvalue weighted by Crippen LogP contribution is -2.40. The summed E-state index contributed by atoms with van der Waals surface area (Å²) in [7, 11) is 0. The first kappa shape index (κ1) is 35.0. The van der Waals surface area contributed by atoms with Gasteiger partial charge in [-0.15, -0.1) is 0 Å². The molecule has 0 radical (unpaired) electrons. The van der Waals surface area contributed by atoms with Gasteiger partial charge in [-0.1, -0.05) is 114 Å². The molecule has 2 rings (SSSR count). The smallest absolute Gasteiger partial charge is 0.247 e. The fourth-order valence-corrected chi connectivity index (χ4v) is 5.00. The highest BCUT2D eigenvalue weighted by Crippen LogP contribution is 2.15. The molecule has 0 fully saturated rings. The van der Waals surface area contributed by atoms with Gasteiger partial charge in [-0.2, -0.15) is 0 Å². The van der Waals surface area contributed by atoms with E-state index in [0.29, 0.717) is 25.9 Å². The number of carbonyl (C=O) groups excluding carboxylic acids is 3. The Hall–Kier alpha value is -3.22. The average molecular weight is 579 g/mol. The van der Waals surface area contributed by atoms with Crippen LogP contribution in [0.1, 0.15) is 133 Å². The maximum atomic E-state index is 13.0. The van der Waals surface area contributed by atoms with Gasteiger partial charge < -0.3 is 16.0 Å². The van der Waals surface area contributed by atoms with E-state index in [1.54, 1.807) is 12.4 Å². The number of hydrogen-bond donors (Lipinski definition) is 3. The van der Waals surface area contributed by atoms with Gasteiger partial charge in [0.15, 0.2) is 0 Å². The largest absolute Gasteiger partial charge is 0.354 e. The summed E-state index contributed by atoms with van der Waals surface area (Å²) in [5.74, 6) is -0.0770. The van der Waals surface area contributed by atoms with Crippen molar-refractivity contribution in [2.24, 2.45) is 0 Å². The van der Waals surface area contributed by atoms with Crippen molar-refractivity contribution in [3.63, 3.8) is 0 Å². The van der Waals surface area contributed by atoms with Crippen LogP contribution in [0.3, 0.4) is 0 Å². The minimum absolute atomic E-state index is 0.0567. The molecule has 0 saturated heterocycles. The Morgan fingerprint density at radius 2 is 1.19 bits per heavy atom. The van der Waals surface area contributed by atoms with E-state index >= 15 is 0 Å². The molecule has 7 heteroatoms. The molecule has 1 atom stereocenters.